The van der Waals surface area contributed by atoms with Crippen LogP contribution in [0.3, 0.4) is 0 Å². The van der Waals surface area contributed by atoms with Crippen molar-refractivity contribution in [2.24, 2.45) is 4.99 Å². The molecular weight excluding hydrogens is 288 g/mol. The highest BCUT2D eigenvalue weighted by atomic mass is 16.2. The van der Waals surface area contributed by atoms with Crippen molar-refractivity contribution in [2.75, 3.05) is 13.6 Å². The van der Waals surface area contributed by atoms with Crippen molar-refractivity contribution < 1.29 is 4.79 Å². The molecule has 128 valence electrons. The number of hydrogen-bond acceptors (Lipinski definition) is 2. The fourth-order valence-electron chi connectivity index (χ4n) is 2.15. The van der Waals surface area contributed by atoms with Crippen LogP contribution >= 0.6 is 0 Å². The number of nitrogens with one attached hydrogen (secondary N) is 3. The highest BCUT2D eigenvalue weighted by Gasteiger charge is 2.14. The number of rotatable bonds is 6. The van der Waals surface area contributed by atoms with Crippen molar-refractivity contribution in [3.63, 3.8) is 0 Å². The van der Waals surface area contributed by atoms with Gasteiger partial charge in [0.1, 0.15) is 0 Å². The van der Waals surface area contributed by atoms with Crippen molar-refractivity contribution in [3.8, 4) is 0 Å². The molecule has 0 bridgehead atoms. The number of hydrogen-bond donors (Lipinski definition) is 3. The maximum atomic E-state index is 11.8. The Kier molecular flexibility index (Phi) is 7.59. The third-order valence-corrected chi connectivity index (χ3v) is 3.25. The van der Waals surface area contributed by atoms with E-state index in [0.29, 0.717) is 5.96 Å². The smallest absolute Gasteiger partial charge is 0.239 e. The first-order valence-electron chi connectivity index (χ1n) is 8.12. The molecule has 0 spiro atoms. The second kappa shape index (κ2) is 9.18. The number of guanidine groups is 1. The standard InChI is InChI=1S/C18H30N4O/c1-14(11-12-15-9-7-6-8-10-15)21-17(19-5)20-13-16(23)22-18(2,3)4/h6-10,14H,11-13H2,1-5H3,(H,22,23)(H2,19,20,21). The normalized spacial score (nSPS) is 13.3. The lowest BCUT2D eigenvalue weighted by Gasteiger charge is -2.22. The van der Waals surface area contributed by atoms with Gasteiger partial charge in [0, 0.05) is 18.6 Å². The molecule has 1 amide bonds. The van der Waals surface area contributed by atoms with E-state index in [0.717, 1.165) is 12.8 Å². The van der Waals surface area contributed by atoms with Crippen molar-refractivity contribution in [3.05, 3.63) is 35.9 Å². The lowest BCUT2D eigenvalue weighted by atomic mass is 10.1. The molecule has 0 heterocycles. The van der Waals surface area contributed by atoms with E-state index in [1.165, 1.54) is 5.56 Å². The summed E-state index contributed by atoms with van der Waals surface area (Å²) in [6.45, 7) is 8.21. The Hall–Kier alpha value is -2.04. The van der Waals surface area contributed by atoms with E-state index in [-0.39, 0.29) is 24.0 Å². The maximum absolute atomic E-state index is 11.8. The summed E-state index contributed by atoms with van der Waals surface area (Å²) in [5.74, 6) is 0.604. The van der Waals surface area contributed by atoms with Crippen molar-refractivity contribution in [1.82, 2.24) is 16.0 Å². The molecule has 0 aliphatic heterocycles. The van der Waals surface area contributed by atoms with E-state index >= 15 is 0 Å². The first-order valence-corrected chi connectivity index (χ1v) is 8.12. The molecule has 1 unspecified atom stereocenters. The Morgan fingerprint density at radius 1 is 1.22 bits per heavy atom. The molecule has 1 atom stereocenters. The fraction of sp³-hybridized carbons (Fsp3) is 0.556. The van der Waals surface area contributed by atoms with E-state index in [1.54, 1.807) is 7.05 Å². The second-order valence-electron chi connectivity index (χ2n) is 6.79. The van der Waals surface area contributed by atoms with Crippen molar-refractivity contribution >= 4 is 11.9 Å². The Morgan fingerprint density at radius 2 is 1.87 bits per heavy atom. The minimum absolute atomic E-state index is 0.0441. The first-order chi connectivity index (χ1) is 10.8. The Labute approximate surface area is 140 Å². The summed E-state index contributed by atoms with van der Waals surface area (Å²) < 4.78 is 0. The van der Waals surface area contributed by atoms with Crippen LogP contribution < -0.4 is 16.0 Å². The molecule has 5 nitrogen and oxygen atoms in total. The predicted octanol–water partition coefficient (Wildman–Crippen LogP) is 2.09. The average molecular weight is 318 g/mol. The van der Waals surface area contributed by atoms with Gasteiger partial charge in [-0.1, -0.05) is 30.3 Å². The maximum Gasteiger partial charge on any atom is 0.239 e. The molecule has 0 radical (unpaired) electrons. The van der Waals surface area contributed by atoms with Crippen LogP contribution in [0.1, 0.15) is 39.7 Å². The molecule has 1 aromatic rings. The van der Waals surface area contributed by atoms with Gasteiger partial charge in [-0.15, -0.1) is 0 Å². The zero-order chi connectivity index (χ0) is 17.3. The zero-order valence-electron chi connectivity index (χ0n) is 14.9. The molecule has 0 saturated carbocycles. The van der Waals surface area contributed by atoms with Crippen LogP contribution in [-0.4, -0.2) is 37.0 Å². The predicted molar refractivity (Wildman–Crippen MR) is 96.6 cm³/mol. The van der Waals surface area contributed by atoms with Gasteiger partial charge in [-0.05, 0) is 46.1 Å². The lowest BCUT2D eigenvalue weighted by molar-refractivity contribution is -0.121. The summed E-state index contributed by atoms with van der Waals surface area (Å²) in [4.78, 5) is 16.0. The highest BCUT2D eigenvalue weighted by Crippen LogP contribution is 2.04. The number of carbonyl (C=O) groups excluding carboxylic acids is 1. The molecule has 0 aromatic heterocycles. The van der Waals surface area contributed by atoms with Gasteiger partial charge in [0.15, 0.2) is 5.96 Å². The molecule has 1 rings (SSSR count). The second-order valence-corrected chi connectivity index (χ2v) is 6.79. The van der Waals surface area contributed by atoms with E-state index in [1.807, 2.05) is 26.8 Å². The summed E-state index contributed by atoms with van der Waals surface area (Å²) in [6.07, 6.45) is 2.01. The van der Waals surface area contributed by atoms with Gasteiger partial charge in [0.05, 0.1) is 6.54 Å². The Bertz CT molecular complexity index is 506. The van der Waals surface area contributed by atoms with Gasteiger partial charge >= 0.3 is 0 Å². The van der Waals surface area contributed by atoms with Crippen LogP contribution in [0.25, 0.3) is 0 Å². The third-order valence-electron chi connectivity index (χ3n) is 3.25. The summed E-state index contributed by atoms with van der Waals surface area (Å²) in [6, 6.07) is 10.7. The summed E-state index contributed by atoms with van der Waals surface area (Å²) in [5, 5.41) is 9.28. The van der Waals surface area contributed by atoms with Gasteiger partial charge in [-0.25, -0.2) is 0 Å². The van der Waals surface area contributed by atoms with Gasteiger partial charge < -0.3 is 16.0 Å². The van der Waals surface area contributed by atoms with Crippen LogP contribution in [0.15, 0.2) is 35.3 Å². The van der Waals surface area contributed by atoms with E-state index in [9.17, 15) is 4.79 Å². The molecule has 5 heteroatoms. The Balaban J connectivity index is 2.34. The van der Waals surface area contributed by atoms with Crippen LogP contribution in [0.4, 0.5) is 0 Å². The van der Waals surface area contributed by atoms with Gasteiger partial charge in [0.2, 0.25) is 5.91 Å². The molecular formula is C18H30N4O. The molecule has 23 heavy (non-hydrogen) atoms. The van der Waals surface area contributed by atoms with E-state index in [4.69, 9.17) is 0 Å². The summed E-state index contributed by atoms with van der Waals surface area (Å²) in [7, 11) is 1.71. The Morgan fingerprint density at radius 3 is 2.43 bits per heavy atom. The number of aliphatic imine (C=N–C) groups is 1. The molecule has 0 saturated heterocycles. The quantitative estimate of drug-likeness (QED) is 0.556. The highest BCUT2D eigenvalue weighted by molar-refractivity contribution is 5.86. The molecule has 0 aliphatic rings. The van der Waals surface area contributed by atoms with Gasteiger partial charge in [0.25, 0.3) is 0 Å². The number of benzene rings is 1. The lowest BCUT2D eigenvalue weighted by Crippen LogP contribution is -2.49. The van der Waals surface area contributed by atoms with Crippen LogP contribution in [0.5, 0.6) is 0 Å². The van der Waals surface area contributed by atoms with Gasteiger partial charge in [-0.3, -0.25) is 9.79 Å². The largest absolute Gasteiger partial charge is 0.354 e. The third kappa shape index (κ3) is 8.86. The number of nitrogens with zero attached hydrogens (tertiary/aromatic N) is 1. The number of amides is 1. The summed E-state index contributed by atoms with van der Waals surface area (Å²) in [5.41, 5.74) is 1.10. The summed E-state index contributed by atoms with van der Waals surface area (Å²) >= 11 is 0. The van der Waals surface area contributed by atoms with Crippen molar-refractivity contribution in [2.45, 2.75) is 52.1 Å². The SMILES string of the molecule is CN=C(NCC(=O)NC(C)(C)C)NC(C)CCc1ccccc1. The molecule has 3 N–H and O–H groups in total. The van der Waals surface area contributed by atoms with Gasteiger partial charge in [-0.2, -0.15) is 0 Å². The van der Waals surface area contributed by atoms with Crippen molar-refractivity contribution in [1.29, 1.82) is 0 Å². The number of aryl methyl sites for hydroxylation is 1. The fourth-order valence-corrected chi connectivity index (χ4v) is 2.15. The minimum atomic E-state index is -0.224. The van der Waals surface area contributed by atoms with Crippen LogP contribution in [-0.2, 0) is 11.2 Å². The topological polar surface area (TPSA) is 65.5 Å². The minimum Gasteiger partial charge on any atom is -0.354 e. The first kappa shape index (κ1) is 19.0. The molecule has 1 aromatic carbocycles. The van der Waals surface area contributed by atoms with E-state index < -0.39 is 0 Å². The average Bonchev–Trinajstić information content (AvgIpc) is 2.48. The van der Waals surface area contributed by atoms with Crippen LogP contribution in [0, 0.1) is 0 Å². The van der Waals surface area contributed by atoms with E-state index in [2.05, 4.69) is 52.1 Å². The molecule has 0 aliphatic carbocycles. The zero-order valence-corrected chi connectivity index (χ0v) is 14.9. The molecule has 0 fully saturated rings. The monoisotopic (exact) mass is 318 g/mol. The van der Waals surface area contributed by atoms with Crippen LogP contribution in [0.2, 0.25) is 0 Å². The number of carbonyl (C=O) groups is 1.